The van der Waals surface area contributed by atoms with Crippen LogP contribution in [0.25, 0.3) is 0 Å². The average molecular weight is 332 g/mol. The summed E-state index contributed by atoms with van der Waals surface area (Å²) >= 11 is 0. The maximum absolute atomic E-state index is 12.6. The number of fused-ring (bicyclic) bond motifs is 1. The molecule has 1 aromatic rings. The fourth-order valence-corrected chi connectivity index (χ4v) is 4.99. The summed E-state index contributed by atoms with van der Waals surface area (Å²) in [6.45, 7) is 13.0. The molecule has 23 heavy (non-hydrogen) atoms. The van der Waals surface area contributed by atoms with Gasteiger partial charge < -0.3 is 4.57 Å². The van der Waals surface area contributed by atoms with Crippen molar-refractivity contribution in [2.45, 2.75) is 71.5 Å². The summed E-state index contributed by atoms with van der Waals surface area (Å²) in [5, 5.41) is 0.00431. The largest absolute Gasteiger partial charge is 0.333 e. The van der Waals surface area contributed by atoms with Gasteiger partial charge in [-0.2, -0.15) is 0 Å². The Balaban J connectivity index is 2.39. The number of hydrogen-bond acceptors (Lipinski definition) is 2. The molecule has 1 aliphatic rings. The molecule has 3 nitrogen and oxygen atoms in total. The van der Waals surface area contributed by atoms with E-state index in [0.717, 1.165) is 24.1 Å². The molecular formula is C19H29NO2Si. The van der Waals surface area contributed by atoms with Crippen LogP contribution in [0, 0.1) is 0 Å². The van der Waals surface area contributed by atoms with Crippen molar-refractivity contribution in [1.82, 2.24) is 0 Å². The van der Waals surface area contributed by atoms with E-state index in [1.54, 1.807) is 0 Å². The molecule has 0 fully saturated rings. The van der Waals surface area contributed by atoms with E-state index >= 15 is 0 Å². The first kappa shape index (κ1) is 17.9. The van der Waals surface area contributed by atoms with Gasteiger partial charge in [0.15, 0.2) is 8.24 Å². The first-order chi connectivity index (χ1) is 10.6. The van der Waals surface area contributed by atoms with Gasteiger partial charge in [-0.25, -0.2) is 0 Å². The van der Waals surface area contributed by atoms with Crippen LogP contribution in [0.1, 0.15) is 62.9 Å². The van der Waals surface area contributed by atoms with Gasteiger partial charge in [-0.15, -0.1) is 0 Å². The molecule has 4 heteroatoms. The molecule has 0 N–H and O–H groups in total. The number of ketones is 1. The number of benzene rings is 1. The molecule has 0 spiro atoms. The van der Waals surface area contributed by atoms with E-state index in [0.29, 0.717) is 5.56 Å². The molecule has 1 amide bonds. The van der Waals surface area contributed by atoms with Crippen molar-refractivity contribution in [3.63, 3.8) is 0 Å². The fraction of sp³-hybridized carbons (Fsp3) is 0.579. The number of Topliss-reactive ketones (excluding diaryl/α,β-unsaturated/α-hetero) is 1. The summed E-state index contributed by atoms with van der Waals surface area (Å²) in [6.07, 6.45) is 4.48. The lowest BCUT2D eigenvalue weighted by atomic mass is 10.0. The monoisotopic (exact) mass is 331 g/mol. The van der Waals surface area contributed by atoms with Crippen molar-refractivity contribution in [2.75, 3.05) is 4.57 Å². The first-order valence-electron chi connectivity index (χ1n) is 8.63. The second kappa shape index (κ2) is 6.23. The topological polar surface area (TPSA) is 37.4 Å². The quantitative estimate of drug-likeness (QED) is 0.435. The lowest BCUT2D eigenvalue weighted by Gasteiger charge is -2.43. The lowest BCUT2D eigenvalue weighted by molar-refractivity contribution is -0.113. The Morgan fingerprint density at radius 3 is 2.30 bits per heavy atom. The summed E-state index contributed by atoms with van der Waals surface area (Å²) in [5.74, 6) is -0.667. The van der Waals surface area contributed by atoms with Gasteiger partial charge in [0, 0.05) is 5.69 Å². The highest BCUT2D eigenvalue weighted by molar-refractivity contribution is 6.90. The smallest absolute Gasteiger partial charge is 0.291 e. The van der Waals surface area contributed by atoms with Crippen molar-refractivity contribution < 1.29 is 9.59 Å². The number of carbonyl (C=O) groups excluding carboxylic acids is 2. The van der Waals surface area contributed by atoms with Crippen molar-refractivity contribution in [3.05, 3.63) is 29.3 Å². The van der Waals surface area contributed by atoms with Gasteiger partial charge in [0.1, 0.15) is 0 Å². The van der Waals surface area contributed by atoms with E-state index < -0.39 is 8.24 Å². The molecule has 0 unspecified atom stereocenters. The Bertz CT molecular complexity index is 629. The maximum Gasteiger partial charge on any atom is 0.291 e. The van der Waals surface area contributed by atoms with Crippen LogP contribution in [0.3, 0.4) is 0 Å². The van der Waals surface area contributed by atoms with Gasteiger partial charge in [0.2, 0.25) is 0 Å². The predicted octanol–water partition coefficient (Wildman–Crippen LogP) is 4.95. The molecular weight excluding hydrogens is 302 g/mol. The summed E-state index contributed by atoms with van der Waals surface area (Å²) in [5.41, 5.74) is 2.59. The minimum Gasteiger partial charge on any atom is -0.333 e. The van der Waals surface area contributed by atoms with E-state index in [1.807, 2.05) is 16.7 Å². The molecule has 1 heterocycles. The van der Waals surface area contributed by atoms with E-state index in [4.69, 9.17) is 0 Å². The molecule has 0 saturated heterocycles. The fourth-order valence-electron chi connectivity index (χ4n) is 2.91. The molecule has 0 atom stereocenters. The average Bonchev–Trinajstić information content (AvgIpc) is 2.70. The number of carbonyl (C=O) groups is 2. The second-order valence-corrected chi connectivity index (χ2v) is 13.2. The van der Waals surface area contributed by atoms with E-state index in [9.17, 15) is 9.59 Å². The summed E-state index contributed by atoms with van der Waals surface area (Å²) in [4.78, 5) is 25.1. The van der Waals surface area contributed by atoms with Crippen LogP contribution >= 0.6 is 0 Å². The van der Waals surface area contributed by atoms with Crippen LogP contribution in [-0.4, -0.2) is 19.9 Å². The lowest BCUT2D eigenvalue weighted by Crippen LogP contribution is -2.57. The molecule has 0 radical (unpaired) electrons. The molecule has 0 aliphatic carbocycles. The Labute approximate surface area is 141 Å². The number of hydrogen-bond donors (Lipinski definition) is 0. The normalized spacial score (nSPS) is 15.3. The summed E-state index contributed by atoms with van der Waals surface area (Å²) < 4.78 is 1.83. The van der Waals surface area contributed by atoms with Crippen LogP contribution < -0.4 is 4.57 Å². The summed E-state index contributed by atoms with van der Waals surface area (Å²) in [7, 11) is -2.11. The van der Waals surface area contributed by atoms with E-state index in [-0.39, 0.29) is 16.7 Å². The molecule has 0 bridgehead atoms. The van der Waals surface area contributed by atoms with Gasteiger partial charge in [-0.1, -0.05) is 59.7 Å². The number of anilines is 1. The third-order valence-electron chi connectivity index (χ3n) is 5.41. The molecule has 0 aromatic heterocycles. The highest BCUT2D eigenvalue weighted by Crippen LogP contribution is 2.44. The van der Waals surface area contributed by atoms with Crippen LogP contribution in [0.15, 0.2) is 18.2 Å². The van der Waals surface area contributed by atoms with Crippen molar-refractivity contribution in [1.29, 1.82) is 0 Å². The van der Waals surface area contributed by atoms with Crippen LogP contribution in [0.5, 0.6) is 0 Å². The third kappa shape index (κ3) is 3.14. The van der Waals surface area contributed by atoms with Gasteiger partial charge in [-0.3, -0.25) is 9.59 Å². The van der Waals surface area contributed by atoms with Crippen molar-refractivity contribution in [2.24, 2.45) is 0 Å². The summed E-state index contributed by atoms with van der Waals surface area (Å²) in [6, 6.07) is 6.01. The second-order valence-electron chi connectivity index (χ2n) is 8.09. The third-order valence-corrected chi connectivity index (χ3v) is 10.6. The zero-order valence-electron chi connectivity index (χ0n) is 15.3. The van der Waals surface area contributed by atoms with Gasteiger partial charge in [-0.05, 0) is 35.6 Å². The zero-order valence-corrected chi connectivity index (χ0v) is 16.3. The zero-order chi connectivity index (χ0) is 17.4. The number of nitrogens with zero attached hydrogens (tertiary/aromatic N) is 1. The van der Waals surface area contributed by atoms with E-state index in [2.05, 4.69) is 46.9 Å². The minimum atomic E-state index is -2.11. The van der Waals surface area contributed by atoms with Gasteiger partial charge in [0.05, 0.1) is 5.56 Å². The molecule has 0 saturated carbocycles. The Morgan fingerprint density at radius 1 is 1.09 bits per heavy atom. The Hall–Kier alpha value is -1.42. The SMILES string of the molecule is CCCCCc1ccc2c(c1)C(=O)C(=O)N2[Si](C)(C)C(C)(C)C. The number of rotatable bonds is 5. The van der Waals surface area contributed by atoms with Crippen LogP contribution in [0.4, 0.5) is 5.69 Å². The van der Waals surface area contributed by atoms with Crippen LogP contribution in [0.2, 0.25) is 18.1 Å². The van der Waals surface area contributed by atoms with Crippen LogP contribution in [-0.2, 0) is 11.2 Å². The highest BCUT2D eigenvalue weighted by Gasteiger charge is 2.50. The van der Waals surface area contributed by atoms with Gasteiger partial charge >= 0.3 is 0 Å². The Kier molecular flexibility index (Phi) is 4.86. The molecule has 1 aromatic carbocycles. The maximum atomic E-state index is 12.6. The highest BCUT2D eigenvalue weighted by atomic mass is 28.3. The van der Waals surface area contributed by atoms with Gasteiger partial charge in [0.25, 0.3) is 11.7 Å². The number of unbranched alkanes of at least 4 members (excludes halogenated alkanes) is 2. The molecule has 1 aliphatic heterocycles. The van der Waals surface area contributed by atoms with Crippen molar-refractivity contribution >= 4 is 25.6 Å². The minimum absolute atomic E-state index is 0.00431. The standard InChI is InChI=1S/C19H29NO2Si/c1-7-8-9-10-14-11-12-16-15(13-14)17(21)18(22)20(16)23(5,6)19(2,3)4/h11-13H,7-10H2,1-6H3. The number of aryl methyl sites for hydroxylation is 1. The first-order valence-corrected chi connectivity index (χ1v) is 11.6. The van der Waals surface area contributed by atoms with Crippen molar-refractivity contribution in [3.8, 4) is 0 Å². The Morgan fingerprint density at radius 2 is 1.74 bits per heavy atom. The number of amides is 1. The molecule has 2 rings (SSSR count). The molecule has 126 valence electrons. The van der Waals surface area contributed by atoms with E-state index in [1.165, 1.54) is 12.8 Å². The predicted molar refractivity (Wildman–Crippen MR) is 98.7 cm³/mol.